The number of piperazine rings is 1. The number of nitrogens with one attached hydrogen (secondary N) is 1. The van der Waals surface area contributed by atoms with Gasteiger partial charge in [-0.15, -0.1) is 0 Å². The van der Waals surface area contributed by atoms with E-state index in [-0.39, 0.29) is 0 Å². The van der Waals surface area contributed by atoms with E-state index < -0.39 is 0 Å². The smallest absolute Gasteiger partial charge is 0.193 e. The van der Waals surface area contributed by atoms with E-state index in [0.29, 0.717) is 0 Å². The number of ether oxygens (including phenoxy) is 1. The molecule has 0 aliphatic carbocycles. The van der Waals surface area contributed by atoms with E-state index >= 15 is 0 Å². The molecule has 128 valence electrons. The van der Waals surface area contributed by atoms with E-state index in [1.54, 1.807) is 0 Å². The van der Waals surface area contributed by atoms with Gasteiger partial charge < -0.3 is 19.5 Å². The Morgan fingerprint density at radius 1 is 1.35 bits per heavy atom. The molecule has 0 bridgehead atoms. The Labute approximate surface area is 138 Å². The van der Waals surface area contributed by atoms with Crippen molar-refractivity contribution in [2.75, 3.05) is 59.5 Å². The molecule has 2 aliphatic heterocycles. The Kier molecular flexibility index (Phi) is 5.87. The molecule has 0 aromatic carbocycles. The fourth-order valence-electron chi connectivity index (χ4n) is 3.28. The molecule has 0 spiro atoms. The lowest BCUT2D eigenvalue weighted by molar-refractivity contribution is 0.139. The van der Waals surface area contributed by atoms with Crippen molar-refractivity contribution in [3.05, 3.63) is 18.7 Å². The van der Waals surface area contributed by atoms with Crippen LogP contribution in [-0.4, -0.2) is 84.8 Å². The van der Waals surface area contributed by atoms with Gasteiger partial charge in [-0.05, 0) is 12.3 Å². The van der Waals surface area contributed by atoms with E-state index in [4.69, 9.17) is 4.74 Å². The van der Waals surface area contributed by atoms with Crippen LogP contribution in [0.5, 0.6) is 0 Å². The van der Waals surface area contributed by atoms with Crippen LogP contribution in [0.2, 0.25) is 0 Å². The summed E-state index contributed by atoms with van der Waals surface area (Å²) in [6, 6.07) is 0. The van der Waals surface area contributed by atoms with Gasteiger partial charge in [0.25, 0.3) is 0 Å². The quantitative estimate of drug-likeness (QED) is 0.617. The number of hydrogen-bond acceptors (Lipinski definition) is 4. The highest BCUT2D eigenvalue weighted by Gasteiger charge is 2.23. The Morgan fingerprint density at radius 3 is 2.87 bits per heavy atom. The number of aliphatic imine (C=N–C) groups is 1. The van der Waals surface area contributed by atoms with Gasteiger partial charge in [-0.1, -0.05) is 0 Å². The fraction of sp³-hybridized carbons (Fsp3) is 0.750. The van der Waals surface area contributed by atoms with Gasteiger partial charge in [-0.25, -0.2) is 4.98 Å². The number of guanidine groups is 1. The molecule has 3 rings (SSSR count). The van der Waals surface area contributed by atoms with Gasteiger partial charge in [0, 0.05) is 71.9 Å². The third kappa shape index (κ3) is 4.68. The Hall–Kier alpha value is -1.60. The highest BCUT2D eigenvalue weighted by Crippen LogP contribution is 2.15. The molecule has 1 atom stereocenters. The first kappa shape index (κ1) is 16.3. The molecule has 2 aliphatic rings. The maximum Gasteiger partial charge on any atom is 0.193 e. The zero-order chi connectivity index (χ0) is 15.9. The molecule has 1 aromatic heterocycles. The van der Waals surface area contributed by atoms with Gasteiger partial charge in [0.05, 0.1) is 12.9 Å². The van der Waals surface area contributed by atoms with Crippen LogP contribution >= 0.6 is 0 Å². The van der Waals surface area contributed by atoms with Crippen LogP contribution in [-0.2, 0) is 11.3 Å². The second-order valence-electron chi connectivity index (χ2n) is 6.29. The lowest BCUT2D eigenvalue weighted by Crippen LogP contribution is -2.53. The predicted octanol–water partition coefficient (Wildman–Crippen LogP) is 0.113. The van der Waals surface area contributed by atoms with Gasteiger partial charge in [0.1, 0.15) is 0 Å². The van der Waals surface area contributed by atoms with Crippen LogP contribution in [0.25, 0.3) is 0 Å². The summed E-state index contributed by atoms with van der Waals surface area (Å²) in [6.45, 7) is 9.13. The molecule has 0 saturated carbocycles. The van der Waals surface area contributed by atoms with E-state index in [2.05, 4.69) is 29.7 Å². The van der Waals surface area contributed by atoms with Crippen molar-refractivity contribution in [3.8, 4) is 0 Å². The molecule has 2 saturated heterocycles. The van der Waals surface area contributed by atoms with E-state index in [1.165, 1.54) is 13.0 Å². The van der Waals surface area contributed by atoms with E-state index in [1.807, 2.05) is 25.8 Å². The number of imidazole rings is 1. The maximum absolute atomic E-state index is 5.48. The highest BCUT2D eigenvalue weighted by atomic mass is 16.5. The normalized spacial score (nSPS) is 23.4. The summed E-state index contributed by atoms with van der Waals surface area (Å²) in [4.78, 5) is 13.4. The second-order valence-corrected chi connectivity index (χ2v) is 6.29. The zero-order valence-electron chi connectivity index (χ0n) is 14.0. The lowest BCUT2D eigenvalue weighted by Gasteiger charge is -2.37. The summed E-state index contributed by atoms with van der Waals surface area (Å²) in [5, 5.41) is 3.45. The molecular formula is C16H28N6O. The van der Waals surface area contributed by atoms with Gasteiger partial charge in [0.15, 0.2) is 5.96 Å². The molecule has 1 N–H and O–H groups in total. The van der Waals surface area contributed by atoms with Gasteiger partial charge in [-0.3, -0.25) is 9.89 Å². The highest BCUT2D eigenvalue weighted by molar-refractivity contribution is 5.79. The van der Waals surface area contributed by atoms with Crippen LogP contribution in [0.3, 0.4) is 0 Å². The van der Waals surface area contributed by atoms with Gasteiger partial charge >= 0.3 is 0 Å². The standard InChI is InChI=1S/C16H28N6O/c1-17-16(19-4-6-21-5-3-18-14-21)22-9-7-20(8-10-22)12-15-2-11-23-13-15/h3,5,14-15H,2,4,6-13H2,1H3,(H,17,19). The van der Waals surface area contributed by atoms with Crippen LogP contribution in [0.4, 0.5) is 0 Å². The van der Waals surface area contributed by atoms with Gasteiger partial charge in [0.2, 0.25) is 0 Å². The lowest BCUT2D eigenvalue weighted by atomic mass is 10.1. The van der Waals surface area contributed by atoms with Crippen LogP contribution < -0.4 is 5.32 Å². The summed E-state index contributed by atoms with van der Waals surface area (Å²) in [7, 11) is 1.86. The fourth-order valence-corrected chi connectivity index (χ4v) is 3.28. The first-order chi connectivity index (χ1) is 11.3. The minimum atomic E-state index is 0.731. The van der Waals surface area contributed by atoms with Crippen LogP contribution in [0, 0.1) is 5.92 Å². The number of aromatic nitrogens is 2. The van der Waals surface area contributed by atoms with E-state index in [0.717, 1.165) is 64.4 Å². The molecule has 1 unspecified atom stereocenters. The van der Waals surface area contributed by atoms with Crippen molar-refractivity contribution in [2.45, 2.75) is 13.0 Å². The van der Waals surface area contributed by atoms with Crippen molar-refractivity contribution < 1.29 is 4.74 Å². The summed E-state index contributed by atoms with van der Waals surface area (Å²) in [5.41, 5.74) is 0. The SMILES string of the molecule is CN=C(NCCn1ccnc1)N1CCN(CC2CCOC2)CC1. The number of nitrogens with zero attached hydrogens (tertiary/aromatic N) is 5. The maximum atomic E-state index is 5.48. The van der Waals surface area contributed by atoms with E-state index in [9.17, 15) is 0 Å². The Balaban J connectivity index is 1.38. The molecule has 0 radical (unpaired) electrons. The van der Waals surface area contributed by atoms with Crippen molar-refractivity contribution in [1.82, 2.24) is 24.7 Å². The summed E-state index contributed by atoms with van der Waals surface area (Å²) < 4.78 is 7.55. The molecule has 3 heterocycles. The average molecular weight is 320 g/mol. The second kappa shape index (κ2) is 8.31. The molecule has 7 nitrogen and oxygen atoms in total. The third-order valence-electron chi connectivity index (χ3n) is 4.64. The number of hydrogen-bond donors (Lipinski definition) is 1. The van der Waals surface area contributed by atoms with Crippen molar-refractivity contribution in [3.63, 3.8) is 0 Å². The first-order valence-electron chi connectivity index (χ1n) is 8.56. The van der Waals surface area contributed by atoms with Crippen molar-refractivity contribution >= 4 is 5.96 Å². The molecule has 7 heteroatoms. The molecular weight excluding hydrogens is 292 g/mol. The molecule has 23 heavy (non-hydrogen) atoms. The average Bonchev–Trinajstić information content (AvgIpc) is 3.26. The summed E-state index contributed by atoms with van der Waals surface area (Å²) >= 11 is 0. The Morgan fingerprint density at radius 2 is 2.22 bits per heavy atom. The minimum absolute atomic E-state index is 0.731. The molecule has 2 fully saturated rings. The summed E-state index contributed by atoms with van der Waals surface area (Å²) in [5.74, 6) is 1.74. The molecule has 1 aromatic rings. The van der Waals surface area contributed by atoms with Crippen LogP contribution in [0.1, 0.15) is 6.42 Å². The van der Waals surface area contributed by atoms with Gasteiger partial charge in [-0.2, -0.15) is 0 Å². The van der Waals surface area contributed by atoms with Crippen molar-refractivity contribution in [1.29, 1.82) is 0 Å². The minimum Gasteiger partial charge on any atom is -0.381 e. The first-order valence-corrected chi connectivity index (χ1v) is 8.56. The Bertz CT molecular complexity index is 475. The number of rotatable bonds is 5. The third-order valence-corrected chi connectivity index (χ3v) is 4.64. The topological polar surface area (TPSA) is 57.9 Å². The zero-order valence-corrected chi connectivity index (χ0v) is 14.0. The largest absolute Gasteiger partial charge is 0.381 e. The van der Waals surface area contributed by atoms with Crippen LogP contribution in [0.15, 0.2) is 23.7 Å². The van der Waals surface area contributed by atoms with Crippen molar-refractivity contribution in [2.24, 2.45) is 10.9 Å². The monoisotopic (exact) mass is 320 g/mol. The summed E-state index contributed by atoms with van der Waals surface area (Å²) in [6.07, 6.45) is 6.85. The molecule has 0 amide bonds. The predicted molar refractivity (Wildman–Crippen MR) is 90.5 cm³/mol.